The van der Waals surface area contributed by atoms with E-state index in [4.69, 9.17) is 14.3 Å². The monoisotopic (exact) mass is 325 g/mol. The van der Waals surface area contributed by atoms with E-state index in [1.807, 2.05) is 0 Å². The van der Waals surface area contributed by atoms with Crippen LogP contribution in [-0.4, -0.2) is 21.8 Å². The minimum atomic E-state index is -1.02. The van der Waals surface area contributed by atoms with Crippen molar-refractivity contribution in [2.24, 2.45) is 0 Å². The summed E-state index contributed by atoms with van der Waals surface area (Å²) >= 11 is 0. The van der Waals surface area contributed by atoms with Crippen LogP contribution in [0, 0.1) is 0 Å². The minimum absolute atomic E-state index is 0.0941. The van der Waals surface area contributed by atoms with Gasteiger partial charge < -0.3 is 19.2 Å². The summed E-state index contributed by atoms with van der Waals surface area (Å²) < 4.78 is 11.3. The maximum absolute atomic E-state index is 12.1. The quantitative estimate of drug-likeness (QED) is 0.765. The maximum atomic E-state index is 12.1. The molecule has 0 saturated carbocycles. The lowest BCUT2D eigenvalue weighted by Crippen LogP contribution is -2.11. The number of furan rings is 1. The first-order chi connectivity index (χ1) is 11.6. The smallest absolute Gasteiger partial charge is 0.352 e. The molecule has 0 spiro atoms. The highest BCUT2D eigenvalue weighted by atomic mass is 16.5. The van der Waals surface area contributed by atoms with E-state index < -0.39 is 5.97 Å². The summed E-state index contributed by atoms with van der Waals surface area (Å²) in [5.74, 6) is 0.371. The first-order valence-electron chi connectivity index (χ1n) is 7.74. The van der Waals surface area contributed by atoms with E-state index in [0.717, 1.165) is 24.2 Å². The molecule has 0 radical (unpaired) electrons. The Hall–Kier alpha value is -3.02. The van der Waals surface area contributed by atoms with Crippen molar-refractivity contribution in [2.45, 2.75) is 25.9 Å². The van der Waals surface area contributed by atoms with Crippen LogP contribution in [0.5, 0.6) is 5.75 Å². The highest BCUT2D eigenvalue weighted by Crippen LogP contribution is 2.30. The third-order valence-electron chi connectivity index (χ3n) is 4.27. The van der Waals surface area contributed by atoms with Crippen molar-refractivity contribution >= 4 is 22.7 Å². The number of carboxylic acids is 1. The molecular formula is C18H15NO5. The number of nitrogens with one attached hydrogen (secondary N) is 1. The molecule has 1 aliphatic carbocycles. The van der Waals surface area contributed by atoms with Gasteiger partial charge in [-0.3, -0.25) is 4.79 Å². The van der Waals surface area contributed by atoms with E-state index in [9.17, 15) is 9.59 Å². The zero-order chi connectivity index (χ0) is 16.7. The number of benzene rings is 1. The van der Waals surface area contributed by atoms with Crippen LogP contribution in [0.15, 0.2) is 34.9 Å². The fraction of sp³-hybridized carbons (Fsp3) is 0.222. The number of carbonyl (C=O) groups is 2. The number of fused-ring (bicyclic) bond motifs is 2. The average Bonchev–Trinajstić information content (AvgIpc) is 3.18. The standard InChI is InChI=1S/C18H15NO5/c20-14-4-2-6-16-17(14)10(9-24-16)8-23-15-5-1-3-12-11(15)7-13(19-12)18(21)22/h1,3,5,7,9,19H,2,4,6,8H2,(H,21,22). The Balaban J connectivity index is 1.63. The molecular weight excluding hydrogens is 310 g/mol. The highest BCUT2D eigenvalue weighted by molar-refractivity contribution is 5.99. The van der Waals surface area contributed by atoms with Crippen molar-refractivity contribution in [1.82, 2.24) is 4.98 Å². The van der Waals surface area contributed by atoms with Gasteiger partial charge in [0.1, 0.15) is 23.8 Å². The average molecular weight is 325 g/mol. The van der Waals surface area contributed by atoms with Crippen molar-refractivity contribution in [2.75, 3.05) is 0 Å². The summed E-state index contributed by atoms with van der Waals surface area (Å²) in [7, 11) is 0. The zero-order valence-corrected chi connectivity index (χ0v) is 12.8. The third-order valence-corrected chi connectivity index (χ3v) is 4.27. The van der Waals surface area contributed by atoms with Gasteiger partial charge in [-0.2, -0.15) is 0 Å². The molecule has 2 heterocycles. The molecule has 122 valence electrons. The molecule has 0 unspecified atom stereocenters. The Morgan fingerprint density at radius 2 is 2.21 bits per heavy atom. The van der Waals surface area contributed by atoms with E-state index in [2.05, 4.69) is 4.98 Å². The number of rotatable bonds is 4. The van der Waals surface area contributed by atoms with Gasteiger partial charge in [0, 0.05) is 29.3 Å². The van der Waals surface area contributed by atoms with Crippen LogP contribution in [0.1, 0.15) is 45.0 Å². The second kappa shape index (κ2) is 5.56. The van der Waals surface area contributed by atoms with Crippen molar-refractivity contribution in [3.63, 3.8) is 0 Å². The van der Waals surface area contributed by atoms with E-state index in [1.165, 1.54) is 0 Å². The van der Waals surface area contributed by atoms with Crippen molar-refractivity contribution in [1.29, 1.82) is 0 Å². The molecule has 0 atom stereocenters. The SMILES string of the molecule is O=C(O)c1cc2c(OCc3coc4c3C(=O)CCC4)cccc2[nH]1. The molecule has 4 rings (SSSR count). The summed E-state index contributed by atoms with van der Waals surface area (Å²) in [6, 6.07) is 6.90. The van der Waals surface area contributed by atoms with E-state index in [-0.39, 0.29) is 18.1 Å². The van der Waals surface area contributed by atoms with Crippen LogP contribution in [0.3, 0.4) is 0 Å². The van der Waals surface area contributed by atoms with Gasteiger partial charge in [-0.25, -0.2) is 4.79 Å². The van der Waals surface area contributed by atoms with Gasteiger partial charge in [0.15, 0.2) is 5.78 Å². The topological polar surface area (TPSA) is 92.5 Å². The number of ketones is 1. The number of aromatic carboxylic acids is 1. The summed E-state index contributed by atoms with van der Waals surface area (Å²) in [5.41, 5.74) is 2.18. The Labute approximate surface area is 137 Å². The van der Waals surface area contributed by atoms with Gasteiger partial charge in [0.2, 0.25) is 0 Å². The second-order valence-corrected chi connectivity index (χ2v) is 5.83. The van der Waals surface area contributed by atoms with E-state index >= 15 is 0 Å². The molecule has 3 aromatic rings. The van der Waals surface area contributed by atoms with Gasteiger partial charge in [-0.1, -0.05) is 6.07 Å². The largest absolute Gasteiger partial charge is 0.488 e. The molecule has 1 aromatic carbocycles. The molecule has 0 bridgehead atoms. The van der Waals surface area contributed by atoms with Crippen LogP contribution in [0.4, 0.5) is 0 Å². The molecule has 24 heavy (non-hydrogen) atoms. The van der Waals surface area contributed by atoms with Gasteiger partial charge in [0.05, 0.1) is 11.8 Å². The van der Waals surface area contributed by atoms with Gasteiger partial charge >= 0.3 is 5.97 Å². The van der Waals surface area contributed by atoms with Crippen LogP contribution in [0.25, 0.3) is 10.9 Å². The minimum Gasteiger partial charge on any atom is -0.488 e. The summed E-state index contributed by atoms with van der Waals surface area (Å²) in [6.07, 6.45) is 3.71. The number of hydrogen-bond acceptors (Lipinski definition) is 4. The number of H-pyrrole nitrogens is 1. The van der Waals surface area contributed by atoms with Crippen molar-refractivity contribution < 1.29 is 23.8 Å². The van der Waals surface area contributed by atoms with E-state index in [0.29, 0.717) is 28.6 Å². The first kappa shape index (κ1) is 14.6. The lowest BCUT2D eigenvalue weighted by atomic mass is 9.94. The molecule has 0 saturated heterocycles. The van der Waals surface area contributed by atoms with Crippen LogP contribution in [0.2, 0.25) is 0 Å². The van der Waals surface area contributed by atoms with Gasteiger partial charge in [-0.15, -0.1) is 0 Å². The molecule has 6 nitrogen and oxygen atoms in total. The fourth-order valence-corrected chi connectivity index (χ4v) is 3.12. The Kier molecular flexibility index (Phi) is 3.37. The van der Waals surface area contributed by atoms with Crippen LogP contribution >= 0.6 is 0 Å². The molecule has 1 aliphatic rings. The third kappa shape index (κ3) is 2.36. The molecule has 0 amide bonds. The maximum Gasteiger partial charge on any atom is 0.352 e. The number of carbonyl (C=O) groups excluding carboxylic acids is 1. The number of aromatic nitrogens is 1. The number of aryl methyl sites for hydroxylation is 1. The Morgan fingerprint density at radius 1 is 1.33 bits per heavy atom. The molecule has 0 fully saturated rings. The van der Waals surface area contributed by atoms with E-state index in [1.54, 1.807) is 30.5 Å². The molecule has 2 aromatic heterocycles. The predicted octanol–water partition coefficient (Wildman–Crippen LogP) is 3.56. The Morgan fingerprint density at radius 3 is 3.04 bits per heavy atom. The normalized spacial score (nSPS) is 13.9. The molecule has 6 heteroatoms. The number of hydrogen-bond donors (Lipinski definition) is 2. The second-order valence-electron chi connectivity index (χ2n) is 5.83. The lowest BCUT2D eigenvalue weighted by molar-refractivity contribution is 0.0691. The van der Waals surface area contributed by atoms with Gasteiger partial charge in [-0.05, 0) is 24.6 Å². The van der Waals surface area contributed by atoms with Gasteiger partial charge in [0.25, 0.3) is 0 Å². The summed E-state index contributed by atoms with van der Waals surface area (Å²) in [5, 5.41) is 9.79. The molecule has 0 aliphatic heterocycles. The number of carboxylic acid groups (broad SMARTS) is 1. The van der Waals surface area contributed by atoms with Crippen molar-refractivity contribution in [3.05, 3.63) is 53.1 Å². The number of aromatic amines is 1. The van der Waals surface area contributed by atoms with Crippen LogP contribution < -0.4 is 4.74 Å². The number of Topliss-reactive ketones (excluding diaryl/α,β-unsaturated/α-hetero) is 1. The summed E-state index contributed by atoms with van der Waals surface area (Å²) in [4.78, 5) is 26.0. The van der Waals surface area contributed by atoms with Crippen molar-refractivity contribution in [3.8, 4) is 5.75 Å². The fourth-order valence-electron chi connectivity index (χ4n) is 3.12. The first-order valence-corrected chi connectivity index (χ1v) is 7.74. The highest BCUT2D eigenvalue weighted by Gasteiger charge is 2.24. The lowest BCUT2D eigenvalue weighted by Gasteiger charge is -2.11. The Bertz CT molecular complexity index is 950. The van der Waals surface area contributed by atoms with Crippen LogP contribution in [-0.2, 0) is 13.0 Å². The zero-order valence-electron chi connectivity index (χ0n) is 12.8. The number of ether oxygens (including phenoxy) is 1. The predicted molar refractivity (Wildman–Crippen MR) is 85.6 cm³/mol. The summed E-state index contributed by atoms with van der Waals surface area (Å²) in [6.45, 7) is 0.206. The molecule has 2 N–H and O–H groups in total.